The molecule has 1 unspecified atom stereocenters. The van der Waals surface area contributed by atoms with Crippen LogP contribution in [0, 0.1) is 6.92 Å². The number of hydrogen-bond acceptors (Lipinski definition) is 3. The van der Waals surface area contributed by atoms with Crippen molar-refractivity contribution in [2.75, 3.05) is 19.7 Å². The summed E-state index contributed by atoms with van der Waals surface area (Å²) in [7, 11) is 0. The number of aliphatic hydroxyl groups is 1. The van der Waals surface area contributed by atoms with Crippen molar-refractivity contribution < 1.29 is 9.52 Å². The van der Waals surface area contributed by atoms with E-state index in [1.165, 1.54) is 25.7 Å². The Bertz CT molecular complexity index is 335. The molecule has 1 atom stereocenters. The van der Waals surface area contributed by atoms with E-state index >= 15 is 0 Å². The minimum absolute atomic E-state index is 0.278. The molecule has 1 N–H and O–H groups in total. The van der Waals surface area contributed by atoms with Crippen molar-refractivity contribution in [1.29, 1.82) is 0 Å². The average molecular weight is 237 g/mol. The maximum atomic E-state index is 8.98. The lowest BCUT2D eigenvalue weighted by atomic mass is 10.1. The quantitative estimate of drug-likeness (QED) is 0.874. The Morgan fingerprint density at radius 1 is 1.35 bits per heavy atom. The maximum absolute atomic E-state index is 8.98. The van der Waals surface area contributed by atoms with Crippen LogP contribution in [0.3, 0.4) is 0 Å². The molecule has 96 valence electrons. The Labute approximate surface area is 103 Å². The van der Waals surface area contributed by atoms with Gasteiger partial charge in [0.05, 0.1) is 6.04 Å². The van der Waals surface area contributed by atoms with Crippen LogP contribution in [-0.4, -0.2) is 29.7 Å². The number of furan rings is 1. The molecule has 0 aliphatic carbocycles. The zero-order valence-corrected chi connectivity index (χ0v) is 10.7. The Kier molecular flexibility index (Phi) is 4.63. The molecule has 17 heavy (non-hydrogen) atoms. The monoisotopic (exact) mass is 237 g/mol. The summed E-state index contributed by atoms with van der Waals surface area (Å²) in [5.41, 5.74) is 0. The largest absolute Gasteiger partial charge is 0.465 e. The molecule has 3 heteroatoms. The van der Waals surface area contributed by atoms with Crippen LogP contribution in [0.15, 0.2) is 16.5 Å². The lowest BCUT2D eigenvalue weighted by Crippen LogP contribution is -2.29. The fourth-order valence-corrected chi connectivity index (χ4v) is 2.66. The van der Waals surface area contributed by atoms with Crippen LogP contribution in [0.4, 0.5) is 0 Å². The van der Waals surface area contributed by atoms with Gasteiger partial charge in [-0.1, -0.05) is 12.8 Å². The summed E-state index contributed by atoms with van der Waals surface area (Å²) in [6, 6.07) is 4.57. The van der Waals surface area contributed by atoms with E-state index in [9.17, 15) is 0 Å². The van der Waals surface area contributed by atoms with Gasteiger partial charge in [-0.2, -0.15) is 0 Å². The third-order valence-electron chi connectivity index (χ3n) is 3.56. The number of aryl methyl sites for hydroxylation is 1. The Morgan fingerprint density at radius 3 is 2.94 bits per heavy atom. The van der Waals surface area contributed by atoms with E-state index in [2.05, 4.69) is 11.0 Å². The zero-order chi connectivity index (χ0) is 12.1. The van der Waals surface area contributed by atoms with Gasteiger partial charge in [0.25, 0.3) is 0 Å². The summed E-state index contributed by atoms with van der Waals surface area (Å²) in [6.07, 6.45) is 5.89. The standard InChI is InChI=1S/C14H23NO2/c1-12-7-8-14(17-12)13-6-3-2-4-9-15(13)10-5-11-16/h7-8,13,16H,2-6,9-11H2,1H3. The van der Waals surface area contributed by atoms with Gasteiger partial charge in [-0.15, -0.1) is 0 Å². The van der Waals surface area contributed by atoms with Gasteiger partial charge in [-0.25, -0.2) is 0 Å². The van der Waals surface area contributed by atoms with Gasteiger partial charge in [-0.3, -0.25) is 4.90 Å². The highest BCUT2D eigenvalue weighted by atomic mass is 16.3. The van der Waals surface area contributed by atoms with Crippen molar-refractivity contribution in [1.82, 2.24) is 4.90 Å². The van der Waals surface area contributed by atoms with E-state index in [-0.39, 0.29) is 6.61 Å². The molecule has 0 radical (unpaired) electrons. The van der Waals surface area contributed by atoms with E-state index in [1.54, 1.807) is 0 Å². The average Bonchev–Trinajstić information content (AvgIpc) is 2.63. The number of aliphatic hydroxyl groups excluding tert-OH is 1. The zero-order valence-electron chi connectivity index (χ0n) is 10.7. The number of rotatable bonds is 4. The maximum Gasteiger partial charge on any atom is 0.121 e. The smallest absolute Gasteiger partial charge is 0.121 e. The highest BCUT2D eigenvalue weighted by Gasteiger charge is 2.24. The second-order valence-corrected chi connectivity index (χ2v) is 4.93. The lowest BCUT2D eigenvalue weighted by Gasteiger charge is -2.28. The van der Waals surface area contributed by atoms with Crippen molar-refractivity contribution in [3.8, 4) is 0 Å². The number of likely N-dealkylation sites (tertiary alicyclic amines) is 1. The Hall–Kier alpha value is -0.800. The predicted molar refractivity (Wildman–Crippen MR) is 67.9 cm³/mol. The fraction of sp³-hybridized carbons (Fsp3) is 0.714. The molecule has 1 aromatic rings. The fourth-order valence-electron chi connectivity index (χ4n) is 2.66. The van der Waals surface area contributed by atoms with Gasteiger partial charge in [0.2, 0.25) is 0 Å². The predicted octanol–water partition coefficient (Wildman–Crippen LogP) is 2.89. The molecule has 0 spiro atoms. The molecule has 2 rings (SSSR count). The highest BCUT2D eigenvalue weighted by Crippen LogP contribution is 2.31. The van der Waals surface area contributed by atoms with Crippen molar-refractivity contribution in [2.45, 2.75) is 45.1 Å². The molecule has 1 aliphatic rings. The van der Waals surface area contributed by atoms with E-state index < -0.39 is 0 Å². The van der Waals surface area contributed by atoms with Crippen LogP contribution < -0.4 is 0 Å². The first kappa shape index (κ1) is 12.7. The summed E-state index contributed by atoms with van der Waals surface area (Å²) < 4.78 is 5.78. The molecular weight excluding hydrogens is 214 g/mol. The minimum atomic E-state index is 0.278. The van der Waals surface area contributed by atoms with Crippen molar-refractivity contribution in [2.24, 2.45) is 0 Å². The van der Waals surface area contributed by atoms with Gasteiger partial charge in [0, 0.05) is 13.2 Å². The molecule has 0 saturated carbocycles. The summed E-state index contributed by atoms with van der Waals surface area (Å²) in [5.74, 6) is 2.09. The van der Waals surface area contributed by atoms with Crippen molar-refractivity contribution in [3.63, 3.8) is 0 Å². The molecular formula is C14H23NO2. The lowest BCUT2D eigenvalue weighted by molar-refractivity contribution is 0.158. The van der Waals surface area contributed by atoms with Gasteiger partial charge in [0.1, 0.15) is 11.5 Å². The van der Waals surface area contributed by atoms with Gasteiger partial charge in [0.15, 0.2) is 0 Å². The van der Waals surface area contributed by atoms with Crippen LogP contribution in [0.1, 0.15) is 49.7 Å². The number of hydrogen-bond donors (Lipinski definition) is 1. The van der Waals surface area contributed by atoms with Crippen molar-refractivity contribution in [3.05, 3.63) is 23.7 Å². The molecule has 3 nitrogen and oxygen atoms in total. The summed E-state index contributed by atoms with van der Waals surface area (Å²) in [5, 5.41) is 8.98. The first-order chi connectivity index (χ1) is 8.31. The molecule has 2 heterocycles. The summed E-state index contributed by atoms with van der Waals surface area (Å²) in [6.45, 7) is 4.38. The Morgan fingerprint density at radius 2 is 2.24 bits per heavy atom. The molecule has 1 saturated heterocycles. The van der Waals surface area contributed by atoms with Gasteiger partial charge >= 0.3 is 0 Å². The second-order valence-electron chi connectivity index (χ2n) is 4.93. The third kappa shape index (κ3) is 3.33. The number of nitrogens with zero attached hydrogens (tertiary/aromatic N) is 1. The highest BCUT2D eigenvalue weighted by molar-refractivity contribution is 5.10. The van der Waals surface area contributed by atoms with Crippen LogP contribution in [0.2, 0.25) is 0 Å². The molecule has 1 fully saturated rings. The summed E-state index contributed by atoms with van der Waals surface area (Å²) >= 11 is 0. The normalized spacial score (nSPS) is 22.6. The molecule has 0 amide bonds. The second kappa shape index (κ2) is 6.22. The van der Waals surface area contributed by atoms with Gasteiger partial charge < -0.3 is 9.52 Å². The Balaban J connectivity index is 2.08. The van der Waals surface area contributed by atoms with E-state index in [0.29, 0.717) is 6.04 Å². The summed E-state index contributed by atoms with van der Waals surface area (Å²) in [4.78, 5) is 2.47. The molecule has 1 aromatic heterocycles. The first-order valence-electron chi connectivity index (χ1n) is 6.72. The molecule has 0 bridgehead atoms. The van der Waals surface area contributed by atoms with Gasteiger partial charge in [-0.05, 0) is 44.9 Å². The van der Waals surface area contributed by atoms with Crippen LogP contribution in [0.5, 0.6) is 0 Å². The topological polar surface area (TPSA) is 36.6 Å². The SMILES string of the molecule is Cc1ccc(C2CCCCCN2CCCO)o1. The molecule has 1 aliphatic heterocycles. The van der Waals surface area contributed by atoms with E-state index in [4.69, 9.17) is 9.52 Å². The van der Waals surface area contributed by atoms with E-state index in [0.717, 1.165) is 31.0 Å². The third-order valence-corrected chi connectivity index (χ3v) is 3.56. The van der Waals surface area contributed by atoms with Crippen molar-refractivity contribution >= 4 is 0 Å². The van der Waals surface area contributed by atoms with Crippen LogP contribution in [-0.2, 0) is 0 Å². The van der Waals surface area contributed by atoms with E-state index in [1.807, 2.05) is 13.0 Å². The first-order valence-corrected chi connectivity index (χ1v) is 6.72. The van der Waals surface area contributed by atoms with Crippen LogP contribution >= 0.6 is 0 Å². The van der Waals surface area contributed by atoms with Crippen LogP contribution in [0.25, 0.3) is 0 Å². The molecule has 0 aromatic carbocycles. The minimum Gasteiger partial charge on any atom is -0.465 e.